The van der Waals surface area contributed by atoms with E-state index in [4.69, 9.17) is 5.73 Å². The number of hydrogen-bond donors (Lipinski definition) is 2. The minimum atomic E-state index is 0.600. The second kappa shape index (κ2) is 4.38. The van der Waals surface area contributed by atoms with Gasteiger partial charge in [-0.05, 0) is 48.9 Å². The van der Waals surface area contributed by atoms with Gasteiger partial charge in [-0.15, -0.1) is 0 Å². The van der Waals surface area contributed by atoms with Crippen LogP contribution < -0.4 is 5.73 Å². The van der Waals surface area contributed by atoms with E-state index in [1.54, 1.807) is 0 Å². The van der Waals surface area contributed by atoms with Crippen LogP contribution in [0.1, 0.15) is 29.7 Å². The van der Waals surface area contributed by atoms with Gasteiger partial charge < -0.3 is 10.7 Å². The van der Waals surface area contributed by atoms with E-state index in [1.165, 1.54) is 53.4 Å². The number of aryl methyl sites for hydroxylation is 2. The Kier molecular flexibility index (Phi) is 2.73. The van der Waals surface area contributed by atoms with Gasteiger partial charge >= 0.3 is 0 Å². The summed E-state index contributed by atoms with van der Waals surface area (Å²) in [6.07, 6.45) is 9.17. The lowest BCUT2D eigenvalue weighted by atomic mass is 9.95. The predicted molar refractivity (Wildman–Crippen MR) is 73.0 cm³/mol. The summed E-state index contributed by atoms with van der Waals surface area (Å²) >= 11 is 0. The molecule has 1 aliphatic carbocycles. The Labute approximate surface area is 102 Å². The summed E-state index contributed by atoms with van der Waals surface area (Å²) in [6, 6.07) is 6.61. The molecule has 0 bridgehead atoms. The first-order valence-corrected chi connectivity index (χ1v) is 6.38. The fraction of sp³-hybridized carbons (Fsp3) is 0.333. The Morgan fingerprint density at radius 2 is 2.12 bits per heavy atom. The maximum Gasteiger partial charge on any atom is 0.0459 e. The normalized spacial score (nSPS) is 15.6. The number of rotatable bonds is 2. The first-order chi connectivity index (χ1) is 8.38. The van der Waals surface area contributed by atoms with Gasteiger partial charge in [0.25, 0.3) is 0 Å². The number of hydrogen-bond acceptors (Lipinski definition) is 1. The Hall–Kier alpha value is -1.54. The first-order valence-electron chi connectivity index (χ1n) is 6.38. The van der Waals surface area contributed by atoms with E-state index in [2.05, 4.69) is 29.3 Å². The molecule has 17 heavy (non-hydrogen) atoms. The van der Waals surface area contributed by atoms with Crippen molar-refractivity contribution in [2.24, 2.45) is 5.73 Å². The third-order valence-electron chi connectivity index (χ3n) is 3.57. The van der Waals surface area contributed by atoms with Crippen LogP contribution >= 0.6 is 0 Å². The molecule has 88 valence electrons. The maximum absolute atomic E-state index is 5.49. The van der Waals surface area contributed by atoms with E-state index >= 15 is 0 Å². The van der Waals surface area contributed by atoms with Crippen molar-refractivity contribution in [3.8, 4) is 0 Å². The summed E-state index contributed by atoms with van der Waals surface area (Å²) in [4.78, 5) is 3.55. The van der Waals surface area contributed by atoms with Crippen LogP contribution in [0.3, 0.4) is 0 Å². The molecule has 1 aromatic carbocycles. The third kappa shape index (κ3) is 1.89. The van der Waals surface area contributed by atoms with Crippen molar-refractivity contribution in [1.29, 1.82) is 0 Å². The molecule has 0 atom stereocenters. The molecule has 1 aromatic heterocycles. The van der Waals surface area contributed by atoms with E-state index in [1.807, 2.05) is 6.08 Å². The van der Waals surface area contributed by atoms with Crippen molar-refractivity contribution in [2.75, 3.05) is 6.54 Å². The van der Waals surface area contributed by atoms with Crippen LogP contribution in [0.25, 0.3) is 17.0 Å². The molecule has 2 nitrogen and oxygen atoms in total. The number of benzene rings is 1. The van der Waals surface area contributed by atoms with E-state index in [0.717, 1.165) is 0 Å². The number of H-pyrrole nitrogens is 1. The Morgan fingerprint density at radius 3 is 3.00 bits per heavy atom. The van der Waals surface area contributed by atoms with E-state index in [9.17, 15) is 0 Å². The lowest BCUT2D eigenvalue weighted by Gasteiger charge is -2.10. The van der Waals surface area contributed by atoms with E-state index in [-0.39, 0.29) is 0 Å². The molecular weight excluding hydrogens is 208 g/mol. The largest absolute Gasteiger partial charge is 0.358 e. The summed E-state index contributed by atoms with van der Waals surface area (Å²) in [5.41, 5.74) is 11.0. The molecule has 0 fully saturated rings. The molecule has 0 aliphatic heterocycles. The minimum absolute atomic E-state index is 0.600. The zero-order valence-corrected chi connectivity index (χ0v) is 10.00. The van der Waals surface area contributed by atoms with Crippen molar-refractivity contribution < 1.29 is 0 Å². The van der Waals surface area contributed by atoms with Crippen LogP contribution in [0.5, 0.6) is 0 Å². The quantitative estimate of drug-likeness (QED) is 0.812. The molecule has 2 heteroatoms. The number of fused-ring (bicyclic) bond motifs is 3. The van der Waals surface area contributed by atoms with E-state index < -0.39 is 0 Å². The van der Waals surface area contributed by atoms with Gasteiger partial charge in [-0.2, -0.15) is 0 Å². The van der Waals surface area contributed by atoms with Crippen LogP contribution in [0.4, 0.5) is 0 Å². The summed E-state index contributed by atoms with van der Waals surface area (Å²) in [5, 5.41) is 1.40. The molecule has 0 saturated carbocycles. The lowest BCUT2D eigenvalue weighted by Crippen LogP contribution is -1.99. The van der Waals surface area contributed by atoms with Gasteiger partial charge in [0.1, 0.15) is 0 Å². The van der Waals surface area contributed by atoms with Crippen molar-refractivity contribution in [3.63, 3.8) is 0 Å². The van der Waals surface area contributed by atoms with Crippen LogP contribution in [-0.2, 0) is 12.8 Å². The molecule has 0 saturated heterocycles. The molecule has 1 aliphatic rings. The number of aromatic nitrogens is 1. The summed E-state index contributed by atoms with van der Waals surface area (Å²) in [5.74, 6) is 0. The zero-order chi connectivity index (χ0) is 11.7. The molecular formula is C15H18N2. The lowest BCUT2D eigenvalue weighted by molar-refractivity contribution is 0.680. The van der Waals surface area contributed by atoms with Gasteiger partial charge in [0.15, 0.2) is 0 Å². The topological polar surface area (TPSA) is 41.8 Å². The van der Waals surface area contributed by atoms with Gasteiger partial charge in [-0.25, -0.2) is 0 Å². The first kappa shape index (κ1) is 10.6. The molecule has 3 rings (SSSR count). The van der Waals surface area contributed by atoms with Gasteiger partial charge in [-0.3, -0.25) is 0 Å². The highest BCUT2D eigenvalue weighted by molar-refractivity contribution is 5.87. The summed E-state index contributed by atoms with van der Waals surface area (Å²) < 4.78 is 0. The Balaban J connectivity index is 2.11. The monoisotopic (exact) mass is 226 g/mol. The molecule has 2 aromatic rings. The van der Waals surface area contributed by atoms with Crippen molar-refractivity contribution >= 4 is 17.0 Å². The Morgan fingerprint density at radius 1 is 1.24 bits per heavy atom. The van der Waals surface area contributed by atoms with Gasteiger partial charge in [0.05, 0.1) is 0 Å². The summed E-state index contributed by atoms with van der Waals surface area (Å²) in [7, 11) is 0. The maximum atomic E-state index is 5.49. The molecule has 1 heterocycles. The van der Waals surface area contributed by atoms with Gasteiger partial charge in [-0.1, -0.05) is 18.2 Å². The van der Waals surface area contributed by atoms with Crippen LogP contribution in [0.15, 0.2) is 24.3 Å². The van der Waals surface area contributed by atoms with Crippen LogP contribution in [0, 0.1) is 0 Å². The molecule has 0 unspecified atom stereocenters. The standard InChI is InChI=1S/C15H18N2/c16-9-3-4-11-7-8-15-13(10-11)12-5-1-2-6-14(12)17-15/h3-4,7-8,10,17H,1-2,5-6,9,16H2. The molecule has 0 spiro atoms. The van der Waals surface area contributed by atoms with Crippen molar-refractivity contribution in [3.05, 3.63) is 41.1 Å². The minimum Gasteiger partial charge on any atom is -0.358 e. The zero-order valence-electron chi connectivity index (χ0n) is 10.00. The van der Waals surface area contributed by atoms with Crippen LogP contribution in [-0.4, -0.2) is 11.5 Å². The molecule has 0 radical (unpaired) electrons. The fourth-order valence-electron chi connectivity index (χ4n) is 2.73. The van der Waals surface area contributed by atoms with Crippen molar-refractivity contribution in [2.45, 2.75) is 25.7 Å². The molecule has 0 amide bonds. The number of aromatic amines is 1. The molecule has 3 N–H and O–H groups in total. The van der Waals surface area contributed by atoms with Gasteiger partial charge in [0.2, 0.25) is 0 Å². The number of nitrogens with two attached hydrogens (primary N) is 1. The van der Waals surface area contributed by atoms with Crippen molar-refractivity contribution in [1.82, 2.24) is 4.98 Å². The SMILES string of the molecule is NCC=Cc1ccc2[nH]c3c(c2c1)CCCC3. The second-order valence-corrected chi connectivity index (χ2v) is 4.73. The highest BCUT2D eigenvalue weighted by atomic mass is 14.7. The predicted octanol–water partition coefficient (Wildman–Crippen LogP) is 3.02. The number of nitrogens with one attached hydrogen (secondary N) is 1. The average Bonchev–Trinajstić information content (AvgIpc) is 2.74. The fourth-order valence-corrected chi connectivity index (χ4v) is 2.73. The third-order valence-corrected chi connectivity index (χ3v) is 3.57. The Bertz CT molecular complexity index is 564. The average molecular weight is 226 g/mol. The van der Waals surface area contributed by atoms with E-state index in [0.29, 0.717) is 6.54 Å². The van der Waals surface area contributed by atoms with Crippen LogP contribution in [0.2, 0.25) is 0 Å². The highest BCUT2D eigenvalue weighted by Gasteiger charge is 2.14. The smallest absolute Gasteiger partial charge is 0.0459 e. The summed E-state index contributed by atoms with van der Waals surface area (Å²) in [6.45, 7) is 0.600. The van der Waals surface area contributed by atoms with Gasteiger partial charge in [0, 0.05) is 23.1 Å². The highest BCUT2D eigenvalue weighted by Crippen LogP contribution is 2.29. The second-order valence-electron chi connectivity index (χ2n) is 4.73.